The van der Waals surface area contributed by atoms with Crippen LogP contribution < -0.4 is 16.0 Å². The Kier molecular flexibility index (Phi) is 6.14. The Bertz CT molecular complexity index is 706. The first-order valence-corrected chi connectivity index (χ1v) is 7.81. The fourth-order valence-corrected chi connectivity index (χ4v) is 2.32. The molecule has 126 valence electrons. The van der Waals surface area contributed by atoms with E-state index in [-0.39, 0.29) is 11.9 Å². The van der Waals surface area contributed by atoms with Gasteiger partial charge in [-0.05, 0) is 48.5 Å². The first-order chi connectivity index (χ1) is 11.5. The van der Waals surface area contributed by atoms with Crippen molar-refractivity contribution in [2.24, 2.45) is 0 Å². The van der Waals surface area contributed by atoms with E-state index in [0.29, 0.717) is 33.6 Å². The second-order valence-corrected chi connectivity index (χ2v) is 5.70. The molecule has 0 fully saturated rings. The summed E-state index contributed by atoms with van der Waals surface area (Å²) in [5.74, 6) is -2.85. The maximum absolute atomic E-state index is 12.3. The molecule has 5 nitrogen and oxygen atoms in total. The molecule has 0 aliphatic heterocycles. The zero-order chi connectivity index (χ0) is 17.5. The molecule has 0 aromatic heterocycles. The molecular weight excluding hydrogens is 336 g/mol. The highest BCUT2D eigenvalue weighted by atomic mass is 32.2. The minimum atomic E-state index is -2.49. The van der Waals surface area contributed by atoms with Crippen molar-refractivity contribution >= 4 is 35.1 Å². The van der Waals surface area contributed by atoms with Crippen LogP contribution in [0.5, 0.6) is 0 Å². The standard InChI is InChI=1S/C16H15F2N3O2S/c1-19-16(23)21-12-6-4-11(5-7-12)20-14(22)10-2-8-13(9-3-10)24-15(17)18/h2-9,15H,1H3,(H,20,22)(H2,19,21,23). The lowest BCUT2D eigenvalue weighted by atomic mass is 10.2. The third-order valence-electron chi connectivity index (χ3n) is 2.97. The molecule has 24 heavy (non-hydrogen) atoms. The number of anilines is 2. The molecule has 0 heterocycles. The van der Waals surface area contributed by atoms with Crippen LogP contribution >= 0.6 is 11.8 Å². The molecule has 2 aromatic carbocycles. The minimum Gasteiger partial charge on any atom is -0.341 e. The second kappa shape index (κ2) is 8.30. The molecule has 0 saturated carbocycles. The molecule has 2 rings (SSSR count). The van der Waals surface area contributed by atoms with Crippen molar-refractivity contribution < 1.29 is 18.4 Å². The topological polar surface area (TPSA) is 70.2 Å². The average molecular weight is 351 g/mol. The van der Waals surface area contributed by atoms with Crippen molar-refractivity contribution in [3.05, 3.63) is 54.1 Å². The van der Waals surface area contributed by atoms with E-state index in [0.717, 1.165) is 0 Å². The van der Waals surface area contributed by atoms with Gasteiger partial charge in [-0.1, -0.05) is 11.8 Å². The van der Waals surface area contributed by atoms with E-state index in [1.54, 1.807) is 24.3 Å². The molecular formula is C16H15F2N3O2S. The predicted octanol–water partition coefficient (Wildman–Crippen LogP) is 4.00. The van der Waals surface area contributed by atoms with Crippen molar-refractivity contribution in [2.45, 2.75) is 10.7 Å². The third kappa shape index (κ3) is 5.24. The number of carbonyl (C=O) groups excluding carboxylic acids is 2. The van der Waals surface area contributed by atoms with Gasteiger partial charge in [-0.25, -0.2) is 4.79 Å². The first-order valence-electron chi connectivity index (χ1n) is 6.93. The molecule has 3 amide bonds. The van der Waals surface area contributed by atoms with Crippen LogP contribution in [0.1, 0.15) is 10.4 Å². The van der Waals surface area contributed by atoms with Crippen LogP contribution in [0.3, 0.4) is 0 Å². The monoisotopic (exact) mass is 351 g/mol. The first kappa shape index (κ1) is 17.7. The molecule has 0 bridgehead atoms. The Balaban J connectivity index is 1.97. The van der Waals surface area contributed by atoms with Crippen LogP contribution in [0.4, 0.5) is 25.0 Å². The van der Waals surface area contributed by atoms with Gasteiger partial charge in [0.1, 0.15) is 0 Å². The van der Waals surface area contributed by atoms with Crippen molar-refractivity contribution in [3.8, 4) is 0 Å². The van der Waals surface area contributed by atoms with Gasteiger partial charge in [-0.2, -0.15) is 8.78 Å². The summed E-state index contributed by atoms with van der Waals surface area (Å²) in [5.41, 5.74) is 1.50. The molecule has 3 N–H and O–H groups in total. The number of carbonyl (C=O) groups is 2. The summed E-state index contributed by atoms with van der Waals surface area (Å²) in [6.45, 7) is 0. The number of urea groups is 1. The normalized spacial score (nSPS) is 10.3. The van der Waals surface area contributed by atoms with Crippen LogP contribution in [0.25, 0.3) is 0 Å². The van der Waals surface area contributed by atoms with E-state index < -0.39 is 5.76 Å². The van der Waals surface area contributed by atoms with Gasteiger partial charge in [0.25, 0.3) is 11.7 Å². The lowest BCUT2D eigenvalue weighted by Crippen LogP contribution is -2.24. The average Bonchev–Trinajstić information content (AvgIpc) is 2.56. The van der Waals surface area contributed by atoms with E-state index in [1.807, 2.05) is 0 Å². The van der Waals surface area contributed by atoms with Crippen molar-refractivity contribution in [3.63, 3.8) is 0 Å². The van der Waals surface area contributed by atoms with Gasteiger partial charge in [-0.3, -0.25) is 4.79 Å². The SMILES string of the molecule is CNC(=O)Nc1ccc(NC(=O)c2ccc(SC(F)F)cc2)cc1. The van der Waals surface area contributed by atoms with Gasteiger partial charge in [0, 0.05) is 28.9 Å². The zero-order valence-electron chi connectivity index (χ0n) is 12.7. The lowest BCUT2D eigenvalue weighted by molar-refractivity contribution is 0.102. The summed E-state index contributed by atoms with van der Waals surface area (Å²) in [6.07, 6.45) is 0. The summed E-state index contributed by atoms with van der Waals surface area (Å²) in [5, 5.41) is 7.72. The smallest absolute Gasteiger partial charge is 0.318 e. The molecule has 0 radical (unpaired) electrons. The Labute approximate surface area is 141 Å². The number of benzene rings is 2. The fraction of sp³-hybridized carbons (Fsp3) is 0.125. The molecule has 0 saturated heterocycles. The summed E-state index contributed by atoms with van der Waals surface area (Å²) in [7, 11) is 1.51. The van der Waals surface area contributed by atoms with Gasteiger partial charge in [-0.15, -0.1) is 0 Å². The maximum Gasteiger partial charge on any atom is 0.318 e. The zero-order valence-corrected chi connectivity index (χ0v) is 13.5. The van der Waals surface area contributed by atoms with Gasteiger partial charge < -0.3 is 16.0 Å². The Morgan fingerprint density at radius 3 is 1.96 bits per heavy atom. The van der Waals surface area contributed by atoms with Gasteiger partial charge >= 0.3 is 6.03 Å². The molecule has 0 atom stereocenters. The highest BCUT2D eigenvalue weighted by Crippen LogP contribution is 2.25. The van der Waals surface area contributed by atoms with Crippen LogP contribution in [0, 0.1) is 0 Å². The number of thioether (sulfide) groups is 1. The number of hydrogen-bond acceptors (Lipinski definition) is 3. The van der Waals surface area contributed by atoms with E-state index >= 15 is 0 Å². The lowest BCUT2D eigenvalue weighted by Gasteiger charge is -2.08. The molecule has 8 heteroatoms. The summed E-state index contributed by atoms with van der Waals surface area (Å²) >= 11 is 0.426. The highest BCUT2D eigenvalue weighted by Gasteiger charge is 2.09. The van der Waals surface area contributed by atoms with Crippen LogP contribution in [0.15, 0.2) is 53.4 Å². The van der Waals surface area contributed by atoms with E-state index in [4.69, 9.17) is 0 Å². The van der Waals surface area contributed by atoms with Gasteiger partial charge in [0.05, 0.1) is 0 Å². The molecule has 0 unspecified atom stereocenters. The second-order valence-electron chi connectivity index (χ2n) is 4.64. The summed E-state index contributed by atoms with van der Waals surface area (Å²) in [6, 6.07) is 12.2. The molecule has 0 aliphatic rings. The van der Waals surface area contributed by atoms with Gasteiger partial charge in [0.15, 0.2) is 0 Å². The largest absolute Gasteiger partial charge is 0.341 e. The predicted molar refractivity (Wildman–Crippen MR) is 90.8 cm³/mol. The summed E-state index contributed by atoms with van der Waals surface area (Å²) in [4.78, 5) is 23.7. The van der Waals surface area contributed by atoms with Crippen LogP contribution in [-0.2, 0) is 0 Å². The Morgan fingerprint density at radius 2 is 1.46 bits per heavy atom. The van der Waals surface area contributed by atoms with Crippen molar-refractivity contribution in [2.75, 3.05) is 17.7 Å². The maximum atomic E-state index is 12.3. The van der Waals surface area contributed by atoms with Crippen LogP contribution in [0.2, 0.25) is 0 Å². The highest BCUT2D eigenvalue weighted by molar-refractivity contribution is 7.99. The summed E-state index contributed by atoms with van der Waals surface area (Å²) < 4.78 is 24.5. The van der Waals surface area contributed by atoms with Gasteiger partial charge in [0.2, 0.25) is 0 Å². The van der Waals surface area contributed by atoms with Crippen molar-refractivity contribution in [1.82, 2.24) is 5.32 Å². The Morgan fingerprint density at radius 1 is 0.917 bits per heavy atom. The quantitative estimate of drug-likeness (QED) is 0.713. The number of nitrogens with one attached hydrogen (secondary N) is 3. The molecule has 2 aromatic rings. The van der Waals surface area contributed by atoms with E-state index in [1.165, 1.54) is 31.3 Å². The van der Waals surface area contributed by atoms with E-state index in [2.05, 4.69) is 16.0 Å². The Hall–Kier alpha value is -2.61. The fourth-order valence-electron chi connectivity index (χ4n) is 1.82. The van der Waals surface area contributed by atoms with Crippen LogP contribution in [-0.4, -0.2) is 24.7 Å². The number of halogens is 2. The van der Waals surface area contributed by atoms with Crippen molar-refractivity contribution in [1.29, 1.82) is 0 Å². The molecule has 0 spiro atoms. The number of amides is 3. The minimum absolute atomic E-state index is 0.339. The number of hydrogen-bond donors (Lipinski definition) is 3. The molecule has 0 aliphatic carbocycles. The number of alkyl halides is 2. The van der Waals surface area contributed by atoms with E-state index in [9.17, 15) is 18.4 Å². The number of rotatable bonds is 5. The third-order valence-corrected chi connectivity index (χ3v) is 3.69.